The maximum Gasteiger partial charge on any atom is 0.194 e. The summed E-state index contributed by atoms with van der Waals surface area (Å²) in [7, 11) is 4.05. The predicted molar refractivity (Wildman–Crippen MR) is 176 cm³/mol. The van der Waals surface area contributed by atoms with Gasteiger partial charge in [0.1, 0.15) is 5.75 Å². The Balaban J connectivity index is 0.000000112. The summed E-state index contributed by atoms with van der Waals surface area (Å²) in [5.74, 6) is 1.08. The first-order valence-corrected chi connectivity index (χ1v) is 15.1. The fourth-order valence-corrected chi connectivity index (χ4v) is 6.14. The normalized spacial score (nSPS) is 11.7. The molecule has 1 aliphatic rings. The molecule has 7 heteroatoms. The van der Waals surface area contributed by atoms with E-state index >= 15 is 0 Å². The fraction of sp³-hybridized carbons (Fsp3) is 0.257. The van der Waals surface area contributed by atoms with Crippen molar-refractivity contribution in [1.29, 1.82) is 0 Å². The van der Waals surface area contributed by atoms with Crippen molar-refractivity contribution in [2.75, 3.05) is 6.61 Å². The molecule has 7 aromatic rings. The minimum absolute atomic E-state index is 0.861. The number of hydrogen-bond donors (Lipinski definition) is 0. The average Bonchev–Trinajstić information content (AvgIpc) is 3.81. The lowest BCUT2D eigenvalue weighted by atomic mass is 10.1. The summed E-state index contributed by atoms with van der Waals surface area (Å²) >= 11 is 1.67. The Labute approximate surface area is 251 Å². The Morgan fingerprint density at radius 1 is 0.762 bits per heavy atom. The van der Waals surface area contributed by atoms with Crippen molar-refractivity contribution in [3.63, 3.8) is 0 Å². The Hall–Kier alpha value is -4.36. The van der Waals surface area contributed by atoms with Gasteiger partial charge in [0.2, 0.25) is 0 Å². The van der Waals surface area contributed by atoms with E-state index in [2.05, 4.69) is 107 Å². The molecule has 0 saturated heterocycles. The molecule has 0 saturated carbocycles. The van der Waals surface area contributed by atoms with E-state index in [0.717, 1.165) is 35.1 Å². The van der Waals surface area contributed by atoms with Crippen molar-refractivity contribution in [3.8, 4) is 5.75 Å². The number of thiazole rings is 1. The van der Waals surface area contributed by atoms with E-state index in [-0.39, 0.29) is 0 Å². The third-order valence-corrected chi connectivity index (χ3v) is 8.51. The number of para-hydroxylation sites is 2. The lowest BCUT2D eigenvalue weighted by Gasteiger charge is -1.99. The van der Waals surface area contributed by atoms with Gasteiger partial charge < -0.3 is 9.30 Å². The van der Waals surface area contributed by atoms with Crippen LogP contribution in [0, 0.1) is 34.6 Å². The highest BCUT2D eigenvalue weighted by Crippen LogP contribution is 2.27. The van der Waals surface area contributed by atoms with Gasteiger partial charge in [0, 0.05) is 65.8 Å². The summed E-state index contributed by atoms with van der Waals surface area (Å²) in [6.07, 6.45) is 5.29. The molecular formula is C35H39N5OS. The molecule has 0 atom stereocenters. The van der Waals surface area contributed by atoms with Crippen LogP contribution in [0.3, 0.4) is 0 Å². The molecule has 1 aliphatic heterocycles. The molecule has 0 N–H and O–H groups in total. The van der Waals surface area contributed by atoms with E-state index in [4.69, 9.17) is 4.74 Å². The third-order valence-electron chi connectivity index (χ3n) is 7.75. The number of fused-ring (bicyclic) bond motifs is 4. The van der Waals surface area contributed by atoms with Crippen LogP contribution in [0.5, 0.6) is 5.75 Å². The zero-order valence-corrected chi connectivity index (χ0v) is 26.4. The molecule has 4 aromatic heterocycles. The zero-order valence-electron chi connectivity index (χ0n) is 25.5. The van der Waals surface area contributed by atoms with Gasteiger partial charge in [0.25, 0.3) is 0 Å². The summed E-state index contributed by atoms with van der Waals surface area (Å²) in [5, 5.41) is 8.96. The molecule has 6 nitrogen and oxygen atoms in total. The fourth-order valence-electron chi connectivity index (χ4n) is 5.34. The van der Waals surface area contributed by atoms with Gasteiger partial charge in [-0.2, -0.15) is 5.10 Å². The average molecular weight is 578 g/mol. The number of ether oxygens (including phenoxy) is 1. The number of nitrogens with zero attached hydrogens (tertiary/aromatic N) is 5. The van der Waals surface area contributed by atoms with E-state index in [1.165, 1.54) is 44.2 Å². The van der Waals surface area contributed by atoms with Crippen LogP contribution in [0.2, 0.25) is 0 Å². The van der Waals surface area contributed by atoms with Gasteiger partial charge in [-0.1, -0.05) is 48.5 Å². The predicted octanol–water partition coefficient (Wildman–Crippen LogP) is 8.31. The second kappa shape index (κ2) is 12.7. The Kier molecular flexibility index (Phi) is 8.78. The van der Waals surface area contributed by atoms with Crippen LogP contribution in [0.15, 0.2) is 84.5 Å². The van der Waals surface area contributed by atoms with Crippen LogP contribution in [0.1, 0.15) is 33.8 Å². The second-order valence-corrected chi connectivity index (χ2v) is 11.5. The summed E-state index contributed by atoms with van der Waals surface area (Å²) in [6.45, 7) is 11.3. The van der Waals surface area contributed by atoms with Crippen molar-refractivity contribution < 1.29 is 4.74 Å². The van der Waals surface area contributed by atoms with Crippen LogP contribution in [0.25, 0.3) is 26.8 Å². The summed E-state index contributed by atoms with van der Waals surface area (Å²) in [6, 6.07) is 22.9. The van der Waals surface area contributed by atoms with Crippen LogP contribution >= 0.6 is 11.3 Å². The van der Waals surface area contributed by atoms with Crippen molar-refractivity contribution in [3.05, 3.63) is 118 Å². The van der Waals surface area contributed by atoms with Crippen LogP contribution < -0.4 is 4.74 Å². The molecule has 0 amide bonds. The largest absolute Gasteiger partial charge is 0.493 e. The number of aryl methyl sites for hydroxylation is 7. The Bertz CT molecular complexity index is 1800. The first-order chi connectivity index (χ1) is 20.2. The molecule has 216 valence electrons. The molecule has 0 radical (unpaired) electrons. The molecule has 0 aliphatic carbocycles. The quantitative estimate of drug-likeness (QED) is 0.182. The van der Waals surface area contributed by atoms with E-state index in [9.17, 15) is 0 Å². The highest BCUT2D eigenvalue weighted by Gasteiger charge is 2.12. The second-order valence-electron chi connectivity index (χ2n) is 10.7. The van der Waals surface area contributed by atoms with Gasteiger partial charge in [0.15, 0.2) is 4.96 Å². The number of hydrogen-bond acceptors (Lipinski definition) is 4. The SMILES string of the molecule is Cc1cccc2c1CCO2.Cc1cn(C)c2ccccc12.Cc1nc2sccn2c1C.Cc1nn(C)c2ccccc12. The molecule has 3 aromatic carbocycles. The lowest BCUT2D eigenvalue weighted by Crippen LogP contribution is -1.88. The first-order valence-electron chi connectivity index (χ1n) is 14.2. The zero-order chi connectivity index (χ0) is 29.8. The maximum atomic E-state index is 5.38. The Morgan fingerprint density at radius 3 is 2.17 bits per heavy atom. The number of benzene rings is 3. The topological polar surface area (TPSA) is 49.3 Å². The van der Waals surface area contributed by atoms with Gasteiger partial charge in [-0.05, 0) is 63.9 Å². The molecular weight excluding hydrogens is 538 g/mol. The molecule has 42 heavy (non-hydrogen) atoms. The van der Waals surface area contributed by atoms with E-state index in [0.29, 0.717) is 0 Å². The summed E-state index contributed by atoms with van der Waals surface area (Å²) in [4.78, 5) is 5.45. The highest BCUT2D eigenvalue weighted by molar-refractivity contribution is 7.15. The summed E-state index contributed by atoms with van der Waals surface area (Å²) in [5.41, 5.74) is 10.1. The van der Waals surface area contributed by atoms with Crippen LogP contribution in [0.4, 0.5) is 0 Å². The molecule has 5 heterocycles. The lowest BCUT2D eigenvalue weighted by molar-refractivity contribution is 0.357. The molecule has 0 spiro atoms. The summed E-state index contributed by atoms with van der Waals surface area (Å²) < 4.78 is 11.6. The maximum absolute atomic E-state index is 5.38. The highest BCUT2D eigenvalue weighted by atomic mass is 32.1. The van der Waals surface area contributed by atoms with Gasteiger partial charge in [-0.25, -0.2) is 4.98 Å². The number of rotatable bonds is 0. The van der Waals surface area contributed by atoms with Crippen molar-refractivity contribution in [2.24, 2.45) is 14.1 Å². The minimum atomic E-state index is 0.861. The van der Waals surface area contributed by atoms with E-state index in [1.807, 2.05) is 49.8 Å². The molecule has 8 rings (SSSR count). The number of imidazole rings is 1. The van der Waals surface area contributed by atoms with Gasteiger partial charge in [-0.3, -0.25) is 9.08 Å². The van der Waals surface area contributed by atoms with Crippen molar-refractivity contribution in [1.82, 2.24) is 23.7 Å². The minimum Gasteiger partial charge on any atom is -0.493 e. The standard InChI is InChI=1S/C10H11N.C9H10N2.C9H10O.C7H8N2S/c1-8-7-11(2)10-6-4-3-5-9(8)10;1-7-8-5-3-4-6-9(8)11(2)10-7;1-7-3-2-4-9-8(7)5-6-10-9;1-5-6(2)9-3-4-10-7(9)8-5/h3-7H,1-2H3;3-6H,1-2H3;2-4H,5-6H2,1H3;3-4H,1-2H3. The number of aromatic nitrogens is 5. The Morgan fingerprint density at radius 2 is 1.48 bits per heavy atom. The first kappa shape index (κ1) is 29.1. The molecule has 0 unspecified atom stereocenters. The van der Waals surface area contributed by atoms with Gasteiger partial charge in [0.05, 0.1) is 23.5 Å². The van der Waals surface area contributed by atoms with Crippen LogP contribution in [-0.2, 0) is 20.5 Å². The van der Waals surface area contributed by atoms with Gasteiger partial charge in [-0.15, -0.1) is 11.3 Å². The van der Waals surface area contributed by atoms with Crippen LogP contribution in [-0.4, -0.2) is 30.3 Å². The molecule has 0 fully saturated rings. The monoisotopic (exact) mass is 577 g/mol. The smallest absolute Gasteiger partial charge is 0.194 e. The third kappa shape index (κ3) is 6.11. The van der Waals surface area contributed by atoms with Gasteiger partial charge >= 0.3 is 0 Å². The van der Waals surface area contributed by atoms with E-state index in [1.54, 1.807) is 11.3 Å². The molecule has 0 bridgehead atoms. The van der Waals surface area contributed by atoms with Crippen molar-refractivity contribution >= 4 is 38.1 Å². The van der Waals surface area contributed by atoms with Crippen molar-refractivity contribution in [2.45, 2.75) is 41.0 Å². The van der Waals surface area contributed by atoms with E-state index < -0.39 is 0 Å².